The summed E-state index contributed by atoms with van der Waals surface area (Å²) in [5.74, 6) is -0.980. The van der Waals surface area contributed by atoms with E-state index in [1.54, 1.807) is 4.90 Å². The smallest absolute Gasteiger partial charge is 0.320 e. The van der Waals surface area contributed by atoms with Crippen molar-refractivity contribution in [3.05, 3.63) is 0 Å². The van der Waals surface area contributed by atoms with Gasteiger partial charge in [0.1, 0.15) is 6.54 Å². The Morgan fingerprint density at radius 3 is 2.76 bits per heavy atom. The summed E-state index contributed by atoms with van der Waals surface area (Å²) in [7, 11) is 0. The fourth-order valence-electron chi connectivity index (χ4n) is 3.17. The van der Waals surface area contributed by atoms with Crippen LogP contribution in [0.5, 0.6) is 0 Å². The van der Waals surface area contributed by atoms with Gasteiger partial charge in [-0.25, -0.2) is 4.79 Å². The molecule has 0 radical (unpaired) electrons. The molecule has 1 unspecified atom stereocenters. The van der Waals surface area contributed by atoms with E-state index in [1.165, 1.54) is 4.90 Å². The Kier molecular flexibility index (Phi) is 4.69. The van der Waals surface area contributed by atoms with E-state index in [1.807, 2.05) is 6.92 Å². The molecule has 2 fully saturated rings. The van der Waals surface area contributed by atoms with Gasteiger partial charge in [-0.1, -0.05) is 13.3 Å². The first kappa shape index (κ1) is 15.6. The summed E-state index contributed by atoms with van der Waals surface area (Å²) in [5.41, 5.74) is -0.821. The zero-order valence-corrected chi connectivity index (χ0v) is 12.4. The van der Waals surface area contributed by atoms with E-state index in [9.17, 15) is 19.5 Å². The molecule has 118 valence electrons. The lowest BCUT2D eigenvalue weighted by atomic mass is 9.83. The van der Waals surface area contributed by atoms with E-state index in [0.29, 0.717) is 32.5 Å². The lowest BCUT2D eigenvalue weighted by Gasteiger charge is -2.28. The molecule has 7 nitrogen and oxygen atoms in total. The summed E-state index contributed by atoms with van der Waals surface area (Å²) in [6, 6.07) is -0.216. The SMILES string of the molecule is CCCC1(C(=O)O)CCN(C(=O)N2CCCNC(=O)C2)C1. The Morgan fingerprint density at radius 1 is 1.33 bits per heavy atom. The summed E-state index contributed by atoms with van der Waals surface area (Å²) in [5, 5.41) is 12.2. The summed E-state index contributed by atoms with van der Waals surface area (Å²) in [6.07, 6.45) is 2.57. The number of amides is 3. The van der Waals surface area contributed by atoms with Gasteiger partial charge in [0.2, 0.25) is 5.91 Å². The van der Waals surface area contributed by atoms with Crippen molar-refractivity contribution in [1.29, 1.82) is 0 Å². The Hall–Kier alpha value is -1.79. The van der Waals surface area contributed by atoms with Gasteiger partial charge in [0.15, 0.2) is 0 Å². The van der Waals surface area contributed by atoms with Gasteiger partial charge in [0.25, 0.3) is 0 Å². The molecular weight excluding hydrogens is 274 g/mol. The number of urea groups is 1. The van der Waals surface area contributed by atoms with E-state index < -0.39 is 11.4 Å². The largest absolute Gasteiger partial charge is 0.481 e. The Bertz CT molecular complexity index is 440. The molecule has 2 aliphatic heterocycles. The maximum Gasteiger partial charge on any atom is 0.320 e. The third kappa shape index (κ3) is 3.28. The van der Waals surface area contributed by atoms with Gasteiger partial charge in [-0.2, -0.15) is 0 Å². The van der Waals surface area contributed by atoms with Crippen molar-refractivity contribution in [1.82, 2.24) is 15.1 Å². The van der Waals surface area contributed by atoms with Gasteiger partial charge >= 0.3 is 12.0 Å². The minimum absolute atomic E-state index is 0.0587. The third-order valence-electron chi connectivity index (χ3n) is 4.34. The van der Waals surface area contributed by atoms with Crippen molar-refractivity contribution in [3.63, 3.8) is 0 Å². The highest BCUT2D eigenvalue weighted by atomic mass is 16.4. The number of hydrogen-bond acceptors (Lipinski definition) is 3. The number of likely N-dealkylation sites (tertiary alicyclic amines) is 1. The summed E-state index contributed by atoms with van der Waals surface area (Å²) >= 11 is 0. The predicted octanol–water partition coefficient (Wildman–Crippen LogP) is 0.505. The highest BCUT2D eigenvalue weighted by molar-refractivity contribution is 5.85. The summed E-state index contributed by atoms with van der Waals surface area (Å²) in [6.45, 7) is 3.81. The maximum absolute atomic E-state index is 12.5. The fraction of sp³-hybridized carbons (Fsp3) is 0.786. The third-order valence-corrected chi connectivity index (χ3v) is 4.34. The van der Waals surface area contributed by atoms with Gasteiger partial charge in [0.05, 0.1) is 5.41 Å². The Morgan fingerprint density at radius 2 is 2.10 bits per heavy atom. The zero-order valence-electron chi connectivity index (χ0n) is 12.4. The number of hydrogen-bond donors (Lipinski definition) is 2. The van der Waals surface area contributed by atoms with Crippen LogP contribution in [0.4, 0.5) is 4.79 Å². The van der Waals surface area contributed by atoms with Gasteiger partial charge in [0, 0.05) is 26.2 Å². The first-order valence-electron chi connectivity index (χ1n) is 7.52. The fourth-order valence-corrected chi connectivity index (χ4v) is 3.17. The molecule has 0 aromatic rings. The van der Waals surface area contributed by atoms with Crippen molar-refractivity contribution < 1.29 is 19.5 Å². The molecule has 2 rings (SSSR count). The quantitative estimate of drug-likeness (QED) is 0.794. The topological polar surface area (TPSA) is 89.9 Å². The van der Waals surface area contributed by atoms with E-state index >= 15 is 0 Å². The van der Waals surface area contributed by atoms with Crippen LogP contribution in [0.15, 0.2) is 0 Å². The minimum atomic E-state index is -0.826. The standard InChI is InChI=1S/C14H23N3O4/c1-2-4-14(12(19)20)5-8-17(10-14)13(21)16-7-3-6-15-11(18)9-16/h2-10H2,1H3,(H,15,18)(H,19,20). The summed E-state index contributed by atoms with van der Waals surface area (Å²) in [4.78, 5) is 38.7. The van der Waals surface area contributed by atoms with Crippen molar-refractivity contribution in [3.8, 4) is 0 Å². The normalized spacial score (nSPS) is 26.4. The van der Waals surface area contributed by atoms with Crippen molar-refractivity contribution in [2.75, 3.05) is 32.7 Å². The molecular formula is C14H23N3O4. The van der Waals surface area contributed by atoms with Crippen LogP contribution in [-0.4, -0.2) is 65.5 Å². The van der Waals surface area contributed by atoms with Gasteiger partial charge in [-0.15, -0.1) is 0 Å². The highest BCUT2D eigenvalue weighted by Gasteiger charge is 2.46. The molecule has 7 heteroatoms. The van der Waals surface area contributed by atoms with Gasteiger partial charge in [-0.05, 0) is 19.3 Å². The molecule has 0 bridgehead atoms. The van der Waals surface area contributed by atoms with Crippen LogP contribution in [0.3, 0.4) is 0 Å². The lowest BCUT2D eigenvalue weighted by molar-refractivity contribution is -0.148. The van der Waals surface area contributed by atoms with Crippen LogP contribution >= 0.6 is 0 Å². The second-order valence-electron chi connectivity index (χ2n) is 5.91. The lowest BCUT2D eigenvalue weighted by Crippen LogP contribution is -2.46. The summed E-state index contributed by atoms with van der Waals surface area (Å²) < 4.78 is 0. The van der Waals surface area contributed by atoms with E-state index in [0.717, 1.165) is 12.8 Å². The number of rotatable bonds is 3. The van der Waals surface area contributed by atoms with Crippen LogP contribution in [0, 0.1) is 5.41 Å². The number of carbonyl (C=O) groups is 3. The first-order chi connectivity index (χ1) is 9.98. The van der Waals surface area contributed by atoms with Crippen molar-refractivity contribution >= 4 is 17.9 Å². The molecule has 2 aliphatic rings. The van der Waals surface area contributed by atoms with Crippen LogP contribution < -0.4 is 5.32 Å². The molecule has 21 heavy (non-hydrogen) atoms. The van der Waals surface area contributed by atoms with E-state index in [-0.39, 0.29) is 25.0 Å². The van der Waals surface area contributed by atoms with Crippen LogP contribution in [0.1, 0.15) is 32.6 Å². The zero-order chi connectivity index (χ0) is 15.5. The predicted molar refractivity (Wildman–Crippen MR) is 75.8 cm³/mol. The molecule has 0 aromatic carbocycles. The van der Waals surface area contributed by atoms with Crippen molar-refractivity contribution in [2.45, 2.75) is 32.6 Å². The van der Waals surface area contributed by atoms with Crippen LogP contribution in [-0.2, 0) is 9.59 Å². The monoisotopic (exact) mass is 297 g/mol. The van der Waals surface area contributed by atoms with E-state index in [4.69, 9.17) is 0 Å². The molecule has 3 amide bonds. The molecule has 1 atom stereocenters. The van der Waals surface area contributed by atoms with Crippen LogP contribution in [0.2, 0.25) is 0 Å². The molecule has 0 saturated carbocycles. The molecule has 2 N–H and O–H groups in total. The Labute approximate surface area is 124 Å². The number of carboxylic acids is 1. The molecule has 0 aliphatic carbocycles. The van der Waals surface area contributed by atoms with Gasteiger partial charge in [-0.3, -0.25) is 9.59 Å². The number of aliphatic carboxylic acids is 1. The average Bonchev–Trinajstić information content (AvgIpc) is 2.76. The molecule has 0 spiro atoms. The van der Waals surface area contributed by atoms with Gasteiger partial charge < -0.3 is 20.2 Å². The number of nitrogens with zero attached hydrogens (tertiary/aromatic N) is 2. The first-order valence-corrected chi connectivity index (χ1v) is 7.52. The average molecular weight is 297 g/mol. The van der Waals surface area contributed by atoms with E-state index in [2.05, 4.69) is 5.32 Å². The van der Waals surface area contributed by atoms with Crippen LogP contribution in [0.25, 0.3) is 0 Å². The molecule has 0 aromatic heterocycles. The van der Waals surface area contributed by atoms with Crippen molar-refractivity contribution in [2.24, 2.45) is 5.41 Å². The number of nitrogens with one attached hydrogen (secondary N) is 1. The Balaban J connectivity index is 2.04. The number of carboxylic acid groups (broad SMARTS) is 1. The maximum atomic E-state index is 12.5. The second-order valence-corrected chi connectivity index (χ2v) is 5.91. The molecule has 2 heterocycles. The number of carbonyl (C=O) groups excluding carboxylic acids is 2. The molecule has 2 saturated heterocycles. The minimum Gasteiger partial charge on any atom is -0.481 e. The highest BCUT2D eigenvalue weighted by Crippen LogP contribution is 2.36. The second kappa shape index (κ2) is 6.32.